The van der Waals surface area contributed by atoms with Crippen molar-refractivity contribution in [1.82, 2.24) is 9.97 Å². The Balaban J connectivity index is 2.39. The Hall–Kier alpha value is -2.70. The first-order valence-electron chi connectivity index (χ1n) is 6.94. The molecule has 2 aromatic rings. The number of ether oxygens (including phenoxy) is 2. The first-order chi connectivity index (χ1) is 10.6. The van der Waals surface area contributed by atoms with Crippen LogP contribution in [0.5, 0.6) is 11.5 Å². The molecular formula is C15H21N5O2. The average molecular weight is 303 g/mol. The second-order valence-corrected chi connectivity index (χ2v) is 4.72. The number of hydrogen-bond acceptors (Lipinski definition) is 7. The Kier molecular flexibility index (Phi) is 4.88. The zero-order valence-corrected chi connectivity index (χ0v) is 13.0. The number of nitrogen functional groups attached to an aromatic ring is 2. The van der Waals surface area contributed by atoms with Gasteiger partial charge in [0.05, 0.1) is 14.2 Å². The van der Waals surface area contributed by atoms with Crippen LogP contribution in [0, 0.1) is 0 Å². The van der Waals surface area contributed by atoms with Crippen molar-refractivity contribution < 1.29 is 9.47 Å². The molecule has 22 heavy (non-hydrogen) atoms. The molecule has 0 fully saturated rings. The highest BCUT2D eigenvalue weighted by atomic mass is 16.5. The van der Waals surface area contributed by atoms with E-state index < -0.39 is 0 Å². The molecular weight excluding hydrogens is 282 g/mol. The van der Waals surface area contributed by atoms with Crippen LogP contribution in [0.1, 0.15) is 18.1 Å². The van der Waals surface area contributed by atoms with Crippen molar-refractivity contribution >= 4 is 17.5 Å². The molecule has 1 aromatic carbocycles. The van der Waals surface area contributed by atoms with Crippen LogP contribution in [0.15, 0.2) is 18.3 Å². The lowest BCUT2D eigenvalue weighted by Gasteiger charge is -2.16. The molecule has 0 saturated heterocycles. The lowest BCUT2D eigenvalue weighted by Crippen LogP contribution is -2.06. The summed E-state index contributed by atoms with van der Waals surface area (Å²) >= 11 is 0. The van der Waals surface area contributed by atoms with Gasteiger partial charge in [0.15, 0.2) is 0 Å². The summed E-state index contributed by atoms with van der Waals surface area (Å²) in [5.41, 5.74) is 14.0. The molecule has 5 N–H and O–H groups in total. The summed E-state index contributed by atoms with van der Waals surface area (Å²) in [6.07, 6.45) is 2.19. The van der Waals surface area contributed by atoms with Crippen LogP contribution < -0.4 is 26.3 Å². The molecule has 0 atom stereocenters. The fraction of sp³-hybridized carbons (Fsp3) is 0.333. The molecule has 0 saturated carbocycles. The molecule has 0 aliphatic rings. The molecule has 0 bridgehead atoms. The zero-order chi connectivity index (χ0) is 16.1. The molecule has 118 valence electrons. The summed E-state index contributed by atoms with van der Waals surface area (Å²) in [5, 5.41) is 3.24. The van der Waals surface area contributed by atoms with Crippen molar-refractivity contribution in [1.29, 1.82) is 0 Å². The van der Waals surface area contributed by atoms with E-state index in [1.54, 1.807) is 20.4 Å². The van der Waals surface area contributed by atoms with Crippen LogP contribution in [0.2, 0.25) is 0 Å². The van der Waals surface area contributed by atoms with Gasteiger partial charge in [0, 0.05) is 24.7 Å². The number of methoxy groups -OCH3 is 2. The van der Waals surface area contributed by atoms with Crippen molar-refractivity contribution in [2.45, 2.75) is 13.3 Å². The van der Waals surface area contributed by atoms with Crippen LogP contribution in [0.4, 0.5) is 17.5 Å². The van der Waals surface area contributed by atoms with Crippen LogP contribution in [-0.2, 0) is 6.42 Å². The number of nitrogens with one attached hydrogen (secondary N) is 1. The second-order valence-electron chi connectivity index (χ2n) is 4.72. The minimum atomic E-state index is 0.166. The predicted octanol–water partition coefficient (Wildman–Crippen LogP) is 1.68. The largest absolute Gasteiger partial charge is 0.494 e. The van der Waals surface area contributed by atoms with Crippen molar-refractivity contribution in [2.24, 2.45) is 0 Å². The van der Waals surface area contributed by atoms with Crippen molar-refractivity contribution in [2.75, 3.05) is 37.5 Å². The number of aromatic nitrogens is 2. The van der Waals surface area contributed by atoms with E-state index in [-0.39, 0.29) is 5.95 Å². The molecule has 0 aliphatic heterocycles. The van der Waals surface area contributed by atoms with Gasteiger partial charge in [-0.2, -0.15) is 4.98 Å². The summed E-state index contributed by atoms with van der Waals surface area (Å²) in [6, 6.07) is 3.88. The average Bonchev–Trinajstić information content (AvgIpc) is 2.51. The van der Waals surface area contributed by atoms with Gasteiger partial charge in [-0.15, -0.1) is 0 Å². The molecule has 7 nitrogen and oxygen atoms in total. The van der Waals surface area contributed by atoms with Gasteiger partial charge >= 0.3 is 0 Å². The van der Waals surface area contributed by atoms with Crippen LogP contribution in [0.3, 0.4) is 0 Å². The topological polar surface area (TPSA) is 108 Å². The van der Waals surface area contributed by atoms with Gasteiger partial charge in [0.2, 0.25) is 5.95 Å². The monoisotopic (exact) mass is 303 g/mol. The van der Waals surface area contributed by atoms with Crippen molar-refractivity contribution in [3.8, 4) is 11.5 Å². The highest BCUT2D eigenvalue weighted by Crippen LogP contribution is 2.36. The Morgan fingerprint density at radius 1 is 1.14 bits per heavy atom. The number of benzene rings is 1. The third kappa shape index (κ3) is 3.30. The standard InChI is InChI=1S/C15H21N5O2/c1-4-18-13-11(21-2)6-9(7-12(13)22-3)5-10-8-19-15(17)20-14(10)16/h6-8,18H,4-5H2,1-3H3,(H4,16,17,19,20). The van der Waals surface area contributed by atoms with Gasteiger partial charge in [-0.3, -0.25) is 0 Å². The molecule has 0 aliphatic carbocycles. The third-order valence-corrected chi connectivity index (χ3v) is 3.23. The smallest absolute Gasteiger partial charge is 0.221 e. The maximum Gasteiger partial charge on any atom is 0.221 e. The molecule has 7 heteroatoms. The fourth-order valence-electron chi connectivity index (χ4n) is 2.21. The molecule has 1 aromatic heterocycles. The molecule has 0 radical (unpaired) electrons. The van der Waals surface area contributed by atoms with E-state index in [1.165, 1.54) is 0 Å². The summed E-state index contributed by atoms with van der Waals surface area (Å²) in [4.78, 5) is 7.95. The number of hydrogen-bond donors (Lipinski definition) is 3. The van der Waals surface area contributed by atoms with E-state index in [2.05, 4.69) is 15.3 Å². The van der Waals surface area contributed by atoms with E-state index >= 15 is 0 Å². The second kappa shape index (κ2) is 6.84. The zero-order valence-electron chi connectivity index (χ0n) is 13.0. The SMILES string of the molecule is CCNc1c(OC)cc(Cc2cnc(N)nc2N)cc1OC. The minimum absolute atomic E-state index is 0.166. The Morgan fingerprint density at radius 2 is 1.77 bits per heavy atom. The summed E-state index contributed by atoms with van der Waals surface area (Å²) in [5.74, 6) is 1.97. The molecule has 2 rings (SSSR count). The van der Waals surface area contributed by atoms with Crippen LogP contribution >= 0.6 is 0 Å². The highest BCUT2D eigenvalue weighted by molar-refractivity contribution is 5.68. The van der Waals surface area contributed by atoms with Gasteiger partial charge < -0.3 is 26.3 Å². The van der Waals surface area contributed by atoms with E-state index in [0.717, 1.165) is 23.4 Å². The Labute approximate surface area is 129 Å². The Morgan fingerprint density at radius 3 is 2.27 bits per heavy atom. The fourth-order valence-corrected chi connectivity index (χ4v) is 2.21. The summed E-state index contributed by atoms with van der Waals surface area (Å²) in [7, 11) is 3.25. The summed E-state index contributed by atoms with van der Waals surface area (Å²) < 4.78 is 10.9. The molecule has 1 heterocycles. The van der Waals surface area contributed by atoms with Crippen LogP contribution in [-0.4, -0.2) is 30.7 Å². The van der Waals surface area contributed by atoms with E-state index in [9.17, 15) is 0 Å². The normalized spacial score (nSPS) is 10.3. The lowest BCUT2D eigenvalue weighted by molar-refractivity contribution is 0.397. The maximum atomic E-state index is 5.88. The van der Waals surface area contributed by atoms with Gasteiger partial charge in [-0.05, 0) is 24.6 Å². The predicted molar refractivity (Wildman–Crippen MR) is 87.4 cm³/mol. The molecule has 0 unspecified atom stereocenters. The molecule has 0 spiro atoms. The van der Waals surface area contributed by atoms with Gasteiger partial charge in [-0.1, -0.05) is 0 Å². The van der Waals surface area contributed by atoms with Crippen molar-refractivity contribution in [3.63, 3.8) is 0 Å². The van der Waals surface area contributed by atoms with Crippen molar-refractivity contribution in [3.05, 3.63) is 29.5 Å². The Bertz CT molecular complexity index is 635. The number of rotatable bonds is 6. The lowest BCUT2D eigenvalue weighted by atomic mass is 10.0. The van der Waals surface area contributed by atoms with E-state index in [1.807, 2.05) is 19.1 Å². The quantitative estimate of drug-likeness (QED) is 0.745. The number of nitrogens with two attached hydrogens (primary N) is 2. The van der Waals surface area contributed by atoms with E-state index in [0.29, 0.717) is 23.7 Å². The highest BCUT2D eigenvalue weighted by Gasteiger charge is 2.13. The van der Waals surface area contributed by atoms with Gasteiger partial charge in [0.25, 0.3) is 0 Å². The van der Waals surface area contributed by atoms with E-state index in [4.69, 9.17) is 20.9 Å². The maximum absolute atomic E-state index is 5.88. The number of anilines is 3. The first kappa shape index (κ1) is 15.7. The van der Waals surface area contributed by atoms with Gasteiger partial charge in [0.1, 0.15) is 23.0 Å². The third-order valence-electron chi connectivity index (χ3n) is 3.23. The number of nitrogens with zero attached hydrogens (tertiary/aromatic N) is 2. The first-order valence-corrected chi connectivity index (χ1v) is 6.94. The molecule has 0 amide bonds. The van der Waals surface area contributed by atoms with Gasteiger partial charge in [-0.25, -0.2) is 4.98 Å². The summed E-state index contributed by atoms with van der Waals surface area (Å²) in [6.45, 7) is 2.78. The van der Waals surface area contributed by atoms with Crippen LogP contribution in [0.25, 0.3) is 0 Å². The minimum Gasteiger partial charge on any atom is -0.494 e.